The minimum absolute atomic E-state index is 0.696. The van der Waals surface area contributed by atoms with Crippen LogP contribution < -0.4 is 0 Å². The van der Waals surface area contributed by atoms with Gasteiger partial charge in [0.15, 0.2) is 0 Å². The van der Waals surface area contributed by atoms with E-state index in [9.17, 15) is 10.5 Å². The van der Waals surface area contributed by atoms with E-state index in [0.717, 1.165) is 68.7 Å². The van der Waals surface area contributed by atoms with Gasteiger partial charge in [0.05, 0.1) is 17.8 Å². The van der Waals surface area contributed by atoms with E-state index in [4.69, 9.17) is 4.98 Å². The van der Waals surface area contributed by atoms with Crippen LogP contribution in [-0.2, 0) is 5.41 Å². The van der Waals surface area contributed by atoms with Crippen LogP contribution in [0.15, 0.2) is 12.1 Å². The quantitative estimate of drug-likeness (QED) is 0.0480. The Labute approximate surface area is 514 Å². The van der Waals surface area contributed by atoms with Gasteiger partial charge in [-0.05, 0) is 62.8 Å². The predicted octanol–water partition coefficient (Wildman–Crippen LogP) is 25.2. The molecule has 2 rings (SSSR count). The molecule has 0 N–H and O–H groups in total. The summed E-state index contributed by atoms with van der Waals surface area (Å²) < 4.78 is 0. The smallest absolute Gasteiger partial charge is 0.220 e. The van der Waals surface area contributed by atoms with Gasteiger partial charge in [0.2, 0.25) is 5.41 Å². The van der Waals surface area contributed by atoms with Crippen LogP contribution >= 0.6 is 0 Å². The molecule has 1 heterocycles. The molecule has 0 aromatic carbocycles. The number of nitrogens with zero attached hydrogens (tertiary/aromatic N) is 5. The Morgan fingerprint density at radius 3 is 0.744 bits per heavy atom. The van der Waals surface area contributed by atoms with Crippen LogP contribution in [0.4, 0.5) is 0 Å². The molecule has 0 atom stereocenters. The van der Waals surface area contributed by atoms with Crippen molar-refractivity contribution in [1.82, 2.24) is 14.8 Å². The van der Waals surface area contributed by atoms with Gasteiger partial charge in [-0.3, -0.25) is 14.8 Å². The van der Waals surface area contributed by atoms with Gasteiger partial charge in [-0.15, -0.1) is 0 Å². The van der Waals surface area contributed by atoms with Crippen LogP contribution in [0.5, 0.6) is 0 Å². The lowest BCUT2D eigenvalue weighted by Crippen LogP contribution is -2.71. The molecule has 1 aliphatic rings. The van der Waals surface area contributed by atoms with Gasteiger partial charge >= 0.3 is 0 Å². The van der Waals surface area contributed by atoms with E-state index in [2.05, 4.69) is 81.7 Å². The summed E-state index contributed by atoms with van der Waals surface area (Å²) in [5.41, 5.74) is 1.38. The van der Waals surface area contributed by atoms with Crippen LogP contribution in [0.3, 0.4) is 0 Å². The molecule has 1 aliphatic carbocycles. The molecular formula is C77H141N5. The standard InChI is InChI=1S/C77H141N5/c1-7-11-15-19-23-27-31-35-39-43-47-51-55-59-65-81(66-60-56-52-48-44-40-36-32-28-24-20-16-12-8-2)77(64-63-74-69-72(5)73(6)80-75(74)76(77,70-78)71-79)82(67-61-57-53-49-45-41-37-33-29-25-21-17-13-9-3)68-62-58-54-50-46-42-38-34-30-26-22-18-14-10-4/h63-64,69H,7-62,65-68H2,1-6H3. The van der Waals surface area contributed by atoms with Crippen molar-refractivity contribution in [3.63, 3.8) is 0 Å². The lowest BCUT2D eigenvalue weighted by molar-refractivity contribution is -0.0555. The second-order valence-electron chi connectivity index (χ2n) is 26.7. The molecule has 474 valence electrons. The number of hydrogen-bond donors (Lipinski definition) is 0. The lowest BCUT2D eigenvalue weighted by atomic mass is 9.67. The number of nitriles is 2. The zero-order valence-corrected chi connectivity index (χ0v) is 56.4. The third-order valence-corrected chi connectivity index (χ3v) is 19.3. The molecule has 0 aliphatic heterocycles. The highest BCUT2D eigenvalue weighted by atomic mass is 15.4. The number of aromatic nitrogens is 1. The minimum Gasteiger partial charge on any atom is -0.279 e. The SMILES string of the molecule is CCCCCCCCCCCCCCCCN(CCCCCCCCCCCCCCCC)C1(N(CCCCCCCCCCCCCCCC)CCCCCCCCCCCCCCCC)C=Cc2cc(C)c(C)nc2C1(C#N)C#N. The van der Waals surface area contributed by atoms with Gasteiger partial charge in [-0.25, -0.2) is 0 Å². The Morgan fingerprint density at radius 1 is 0.329 bits per heavy atom. The largest absolute Gasteiger partial charge is 0.279 e. The molecule has 0 fully saturated rings. The van der Waals surface area contributed by atoms with Gasteiger partial charge in [-0.2, -0.15) is 10.5 Å². The van der Waals surface area contributed by atoms with Crippen LogP contribution in [0.2, 0.25) is 0 Å². The van der Waals surface area contributed by atoms with Crippen molar-refractivity contribution in [3.8, 4) is 12.1 Å². The average Bonchev–Trinajstić information content (AvgIpc) is 2.20. The van der Waals surface area contributed by atoms with Crippen molar-refractivity contribution >= 4 is 6.08 Å². The van der Waals surface area contributed by atoms with Crippen LogP contribution in [0, 0.1) is 36.5 Å². The molecule has 82 heavy (non-hydrogen) atoms. The maximum atomic E-state index is 12.0. The van der Waals surface area contributed by atoms with E-state index in [1.54, 1.807) is 0 Å². The molecule has 5 heteroatoms. The highest BCUT2D eigenvalue weighted by Gasteiger charge is 2.62. The zero-order chi connectivity index (χ0) is 59.1. The highest BCUT2D eigenvalue weighted by molar-refractivity contribution is 5.67. The topological polar surface area (TPSA) is 66.9 Å². The van der Waals surface area contributed by atoms with Crippen LogP contribution in [0.1, 0.15) is 410 Å². The molecule has 0 amide bonds. The molecule has 0 saturated heterocycles. The first kappa shape index (κ1) is 75.9. The van der Waals surface area contributed by atoms with Crippen LogP contribution in [-0.4, -0.2) is 46.6 Å². The minimum atomic E-state index is -1.45. The first-order valence-corrected chi connectivity index (χ1v) is 37.4. The summed E-state index contributed by atoms with van der Waals surface area (Å²) in [6, 6.07) is 7.95. The van der Waals surface area contributed by atoms with Crippen molar-refractivity contribution in [1.29, 1.82) is 10.5 Å². The third kappa shape index (κ3) is 33.6. The van der Waals surface area contributed by atoms with Gasteiger partial charge in [0.25, 0.3) is 0 Å². The summed E-state index contributed by atoms with van der Waals surface area (Å²) in [6.45, 7) is 17.1. The highest BCUT2D eigenvalue weighted by Crippen LogP contribution is 2.48. The van der Waals surface area contributed by atoms with Gasteiger partial charge < -0.3 is 0 Å². The Morgan fingerprint density at radius 2 is 0.537 bits per heavy atom. The number of unbranched alkanes of at least 4 members (excludes halogenated alkanes) is 52. The van der Waals surface area contributed by atoms with Crippen molar-refractivity contribution in [2.24, 2.45) is 0 Å². The summed E-state index contributed by atoms with van der Waals surface area (Å²) >= 11 is 0. The number of hydrogen-bond acceptors (Lipinski definition) is 5. The number of pyridine rings is 1. The normalized spacial score (nSPS) is 13.6. The second kappa shape index (κ2) is 54.2. The molecule has 0 saturated carbocycles. The van der Waals surface area contributed by atoms with E-state index < -0.39 is 11.1 Å². The molecule has 0 spiro atoms. The van der Waals surface area contributed by atoms with Crippen LogP contribution in [0.25, 0.3) is 6.08 Å². The van der Waals surface area contributed by atoms with Gasteiger partial charge in [-0.1, -0.05) is 368 Å². The maximum absolute atomic E-state index is 12.0. The van der Waals surface area contributed by atoms with E-state index in [0.29, 0.717) is 5.69 Å². The first-order valence-electron chi connectivity index (χ1n) is 37.4. The number of aryl methyl sites for hydroxylation is 2. The Bertz CT molecular complexity index is 1540. The third-order valence-electron chi connectivity index (χ3n) is 19.3. The molecule has 1 aromatic rings. The Balaban J connectivity index is 2.35. The second-order valence-corrected chi connectivity index (χ2v) is 26.7. The Hall–Kier alpha value is -2.21. The van der Waals surface area contributed by atoms with Crippen molar-refractivity contribution in [2.75, 3.05) is 26.2 Å². The summed E-state index contributed by atoms with van der Waals surface area (Å²) in [4.78, 5) is 10.7. The molecule has 5 nitrogen and oxygen atoms in total. The average molecular weight is 1140 g/mol. The van der Waals surface area contributed by atoms with Gasteiger partial charge in [0, 0.05) is 31.9 Å². The molecule has 0 radical (unpaired) electrons. The molecular weight excluding hydrogens is 995 g/mol. The summed E-state index contributed by atoms with van der Waals surface area (Å²) in [6.07, 6.45) is 80.0. The van der Waals surface area contributed by atoms with Gasteiger partial charge in [0.1, 0.15) is 5.66 Å². The summed E-state index contributed by atoms with van der Waals surface area (Å²) in [5.74, 6) is 0. The summed E-state index contributed by atoms with van der Waals surface area (Å²) in [7, 11) is 0. The fourth-order valence-electron chi connectivity index (χ4n) is 13.7. The fraction of sp³-hybridized carbons (Fsp3) is 0.883. The monoisotopic (exact) mass is 1140 g/mol. The van der Waals surface area contributed by atoms with Crippen molar-refractivity contribution < 1.29 is 0 Å². The first-order chi connectivity index (χ1) is 40.4. The fourth-order valence-corrected chi connectivity index (χ4v) is 13.7. The Kier molecular flexibility index (Phi) is 50.2. The zero-order valence-electron chi connectivity index (χ0n) is 56.4. The van der Waals surface area contributed by atoms with E-state index >= 15 is 0 Å². The molecule has 0 bridgehead atoms. The van der Waals surface area contributed by atoms with E-state index in [1.165, 1.54) is 334 Å². The number of fused-ring (bicyclic) bond motifs is 1. The van der Waals surface area contributed by atoms with Crippen molar-refractivity contribution in [3.05, 3.63) is 34.7 Å². The summed E-state index contributed by atoms with van der Waals surface area (Å²) in [5, 5.41) is 23.9. The lowest BCUT2D eigenvalue weighted by Gasteiger charge is -2.56. The maximum Gasteiger partial charge on any atom is 0.220 e. The van der Waals surface area contributed by atoms with E-state index in [-0.39, 0.29) is 0 Å². The molecule has 0 unspecified atom stereocenters. The predicted molar refractivity (Wildman–Crippen MR) is 363 cm³/mol. The van der Waals surface area contributed by atoms with Crippen molar-refractivity contribution in [2.45, 2.75) is 412 Å². The number of rotatable bonds is 62. The van der Waals surface area contributed by atoms with E-state index in [1.807, 2.05) is 0 Å². The molecule has 1 aromatic heterocycles.